The molecule has 0 saturated carbocycles. The van der Waals surface area contributed by atoms with Crippen molar-refractivity contribution < 1.29 is 22.7 Å². The molecule has 10 heteroatoms. The highest BCUT2D eigenvalue weighted by Gasteiger charge is 2.31. The average molecular weight is 419 g/mol. The molecule has 3 aromatic rings. The predicted molar refractivity (Wildman–Crippen MR) is 102 cm³/mol. The normalized spacial score (nSPS) is 11.5. The summed E-state index contributed by atoms with van der Waals surface area (Å²) in [5.41, 5.74) is 0.657. The van der Waals surface area contributed by atoms with Gasteiger partial charge < -0.3 is 9.64 Å². The molecule has 1 amide bonds. The minimum Gasteiger partial charge on any atom is -0.383 e. The summed E-state index contributed by atoms with van der Waals surface area (Å²) in [5.74, 6) is -0.0962. The van der Waals surface area contributed by atoms with Gasteiger partial charge in [-0.25, -0.2) is 9.67 Å². The van der Waals surface area contributed by atoms with Crippen LogP contribution in [0.15, 0.2) is 48.9 Å². The quantitative estimate of drug-likeness (QED) is 0.588. The van der Waals surface area contributed by atoms with Crippen molar-refractivity contribution in [3.05, 3.63) is 71.4 Å². The van der Waals surface area contributed by atoms with Crippen molar-refractivity contribution >= 4 is 5.91 Å². The molecule has 0 aliphatic rings. The van der Waals surface area contributed by atoms with Crippen LogP contribution in [-0.4, -0.2) is 50.8 Å². The molecule has 0 aliphatic heterocycles. The lowest BCUT2D eigenvalue weighted by atomic mass is 10.2. The second kappa shape index (κ2) is 9.04. The van der Waals surface area contributed by atoms with Gasteiger partial charge in [-0.2, -0.15) is 18.3 Å². The van der Waals surface area contributed by atoms with E-state index in [2.05, 4.69) is 15.1 Å². The fraction of sp³-hybridized carbons (Fsp3) is 0.300. The molecule has 3 rings (SSSR count). The van der Waals surface area contributed by atoms with Gasteiger partial charge in [0.05, 0.1) is 41.9 Å². The highest BCUT2D eigenvalue weighted by Crippen LogP contribution is 2.29. The van der Waals surface area contributed by atoms with E-state index in [4.69, 9.17) is 4.74 Å². The fourth-order valence-electron chi connectivity index (χ4n) is 2.84. The number of aromatic nitrogens is 4. The topological polar surface area (TPSA) is 73.1 Å². The minimum atomic E-state index is -4.47. The van der Waals surface area contributed by atoms with Gasteiger partial charge in [0.2, 0.25) is 0 Å². The first-order valence-corrected chi connectivity index (χ1v) is 9.07. The molecule has 0 fully saturated rings. The van der Waals surface area contributed by atoms with Gasteiger partial charge in [-0.3, -0.25) is 9.78 Å². The molecule has 158 valence electrons. The zero-order valence-electron chi connectivity index (χ0n) is 16.4. The molecule has 0 atom stereocenters. The number of carbonyl (C=O) groups excluding carboxylic acids is 1. The molecule has 0 aromatic carbocycles. The van der Waals surface area contributed by atoms with E-state index in [1.54, 1.807) is 31.2 Å². The summed E-state index contributed by atoms with van der Waals surface area (Å²) in [7, 11) is 1.54. The first kappa shape index (κ1) is 21.4. The van der Waals surface area contributed by atoms with Crippen molar-refractivity contribution in [3.63, 3.8) is 0 Å². The number of nitrogens with zero attached hydrogens (tertiary/aromatic N) is 5. The van der Waals surface area contributed by atoms with Gasteiger partial charge in [0.1, 0.15) is 0 Å². The minimum absolute atomic E-state index is 0.188. The Hall–Kier alpha value is -3.27. The van der Waals surface area contributed by atoms with E-state index in [0.29, 0.717) is 24.4 Å². The maximum absolute atomic E-state index is 13.1. The first-order chi connectivity index (χ1) is 14.3. The maximum Gasteiger partial charge on any atom is 0.417 e. The predicted octanol–water partition coefficient (Wildman–Crippen LogP) is 3.28. The van der Waals surface area contributed by atoms with Crippen LogP contribution in [0.5, 0.6) is 0 Å². The van der Waals surface area contributed by atoms with E-state index >= 15 is 0 Å². The van der Waals surface area contributed by atoms with Gasteiger partial charge in [-0.1, -0.05) is 6.07 Å². The highest BCUT2D eigenvalue weighted by molar-refractivity contribution is 5.95. The van der Waals surface area contributed by atoms with Crippen molar-refractivity contribution in [2.75, 3.05) is 20.3 Å². The number of alkyl halides is 3. The molecule has 3 aromatic heterocycles. The number of halogens is 3. The lowest BCUT2D eigenvalue weighted by Gasteiger charge is -2.22. The highest BCUT2D eigenvalue weighted by atomic mass is 19.4. The Bertz CT molecular complexity index is 988. The third-order valence-corrected chi connectivity index (χ3v) is 4.46. The van der Waals surface area contributed by atoms with Crippen LogP contribution in [0.3, 0.4) is 0 Å². The average Bonchev–Trinajstić information content (AvgIpc) is 3.12. The SMILES string of the molecule is COCCN(Cc1ccccn1)C(=O)c1cnn(-c2ccc(C(F)(F)F)cn2)c1C. The van der Waals surface area contributed by atoms with Crippen LogP contribution in [0, 0.1) is 6.92 Å². The number of methoxy groups -OCH3 is 1. The van der Waals surface area contributed by atoms with Crippen LogP contribution in [0.2, 0.25) is 0 Å². The maximum atomic E-state index is 13.1. The Labute approximate surface area is 171 Å². The number of rotatable bonds is 7. The van der Waals surface area contributed by atoms with Crippen LogP contribution in [-0.2, 0) is 17.5 Å². The summed E-state index contributed by atoms with van der Waals surface area (Å²) in [4.78, 5) is 22.8. The molecule has 30 heavy (non-hydrogen) atoms. The fourth-order valence-corrected chi connectivity index (χ4v) is 2.84. The monoisotopic (exact) mass is 419 g/mol. The Morgan fingerprint density at radius 3 is 2.57 bits per heavy atom. The second-order valence-electron chi connectivity index (χ2n) is 6.50. The molecule has 3 heterocycles. The van der Waals surface area contributed by atoms with Crippen LogP contribution in [0.25, 0.3) is 5.82 Å². The number of hydrogen-bond donors (Lipinski definition) is 0. The zero-order chi connectivity index (χ0) is 21.7. The van der Waals surface area contributed by atoms with E-state index in [9.17, 15) is 18.0 Å². The third-order valence-electron chi connectivity index (χ3n) is 4.46. The van der Waals surface area contributed by atoms with E-state index in [1.807, 2.05) is 12.1 Å². The summed E-state index contributed by atoms with van der Waals surface area (Å²) < 4.78 is 44.7. The lowest BCUT2D eigenvalue weighted by Crippen LogP contribution is -2.34. The number of hydrogen-bond acceptors (Lipinski definition) is 5. The van der Waals surface area contributed by atoms with E-state index in [1.165, 1.54) is 16.9 Å². The molecule has 0 radical (unpaired) electrons. The molecule has 7 nitrogen and oxygen atoms in total. The molecule has 0 spiro atoms. The van der Waals surface area contributed by atoms with Gasteiger partial charge in [0, 0.05) is 26.0 Å². The molecule has 0 N–H and O–H groups in total. The molecule has 0 aliphatic carbocycles. The number of pyridine rings is 2. The summed E-state index contributed by atoms with van der Waals surface area (Å²) >= 11 is 0. The van der Waals surface area contributed by atoms with Gasteiger partial charge in [0.25, 0.3) is 5.91 Å². The smallest absolute Gasteiger partial charge is 0.383 e. The van der Waals surface area contributed by atoms with E-state index < -0.39 is 11.7 Å². The zero-order valence-corrected chi connectivity index (χ0v) is 16.4. The van der Waals surface area contributed by atoms with Crippen molar-refractivity contribution in [1.82, 2.24) is 24.6 Å². The van der Waals surface area contributed by atoms with Crippen LogP contribution in [0.4, 0.5) is 13.2 Å². The second-order valence-corrected chi connectivity index (χ2v) is 6.50. The van der Waals surface area contributed by atoms with Crippen LogP contribution >= 0.6 is 0 Å². The molecule has 0 saturated heterocycles. The van der Waals surface area contributed by atoms with Crippen molar-refractivity contribution in [1.29, 1.82) is 0 Å². The first-order valence-electron chi connectivity index (χ1n) is 9.07. The Kier molecular flexibility index (Phi) is 6.46. The van der Waals surface area contributed by atoms with Crippen LogP contribution < -0.4 is 0 Å². The van der Waals surface area contributed by atoms with Crippen molar-refractivity contribution in [2.24, 2.45) is 0 Å². The summed E-state index contributed by atoms with van der Waals surface area (Å²) in [6.45, 7) is 2.63. The Morgan fingerprint density at radius 1 is 1.17 bits per heavy atom. The van der Waals surface area contributed by atoms with Crippen molar-refractivity contribution in [2.45, 2.75) is 19.6 Å². The Morgan fingerprint density at radius 2 is 1.97 bits per heavy atom. The molecule has 0 unspecified atom stereocenters. The Balaban J connectivity index is 1.85. The molecular weight excluding hydrogens is 399 g/mol. The van der Waals surface area contributed by atoms with E-state index in [-0.39, 0.29) is 18.3 Å². The van der Waals surface area contributed by atoms with Gasteiger partial charge in [-0.15, -0.1) is 0 Å². The van der Waals surface area contributed by atoms with Gasteiger partial charge in [-0.05, 0) is 31.2 Å². The third kappa shape index (κ3) is 4.82. The van der Waals surface area contributed by atoms with Crippen molar-refractivity contribution in [3.8, 4) is 5.82 Å². The van der Waals surface area contributed by atoms with Crippen LogP contribution in [0.1, 0.15) is 27.3 Å². The molecule has 0 bridgehead atoms. The summed E-state index contributed by atoms with van der Waals surface area (Å²) in [6, 6.07) is 7.58. The molecular formula is C20H20F3N5O2. The number of carbonyl (C=O) groups is 1. The summed E-state index contributed by atoms with van der Waals surface area (Å²) in [5, 5.41) is 4.15. The summed E-state index contributed by atoms with van der Waals surface area (Å²) in [6.07, 6.45) is -0.702. The number of amides is 1. The standard InChI is InChI=1S/C20H20F3N5O2/c1-14-17(12-26-28(14)18-7-6-15(11-25-18)20(21,22)23)19(29)27(9-10-30-2)13-16-5-3-4-8-24-16/h3-8,11-12H,9-10,13H2,1-2H3. The van der Waals surface area contributed by atoms with E-state index in [0.717, 1.165) is 18.0 Å². The number of ether oxygens (including phenoxy) is 1. The lowest BCUT2D eigenvalue weighted by molar-refractivity contribution is -0.137. The largest absolute Gasteiger partial charge is 0.417 e. The van der Waals surface area contributed by atoms with Gasteiger partial charge in [0.15, 0.2) is 5.82 Å². The van der Waals surface area contributed by atoms with Gasteiger partial charge >= 0.3 is 6.18 Å².